The van der Waals surface area contributed by atoms with Gasteiger partial charge in [0.15, 0.2) is 5.78 Å². The Bertz CT molecular complexity index is 293. The Labute approximate surface area is 96.3 Å². The first-order valence-corrected chi connectivity index (χ1v) is 5.07. The lowest BCUT2D eigenvalue weighted by molar-refractivity contribution is -0.140. The molecular weight excluding hydrogens is 250 g/mol. The molecule has 0 spiro atoms. The third-order valence-corrected chi connectivity index (χ3v) is 3.21. The number of hydrogen-bond donors (Lipinski definition) is 1. The summed E-state index contributed by atoms with van der Waals surface area (Å²) in [6.07, 6.45) is 0. The van der Waals surface area contributed by atoms with Crippen LogP contribution in [0.1, 0.15) is 13.8 Å². The van der Waals surface area contributed by atoms with Crippen molar-refractivity contribution in [3.63, 3.8) is 0 Å². The van der Waals surface area contributed by atoms with Crippen molar-refractivity contribution in [2.24, 2.45) is 17.3 Å². The standard InChI is InChI=1S/C8H9Cl3O3/c1-7(2)3(4(7)6(13)14)5(12)8(9,10)11/h3-4H,1-2H3,(H,13,14)/t3-,4+/m0/s1. The minimum atomic E-state index is -2.02. The van der Waals surface area contributed by atoms with Crippen molar-refractivity contribution in [1.82, 2.24) is 0 Å². The van der Waals surface area contributed by atoms with Gasteiger partial charge in [-0.3, -0.25) is 9.59 Å². The van der Waals surface area contributed by atoms with Crippen LogP contribution in [0.4, 0.5) is 0 Å². The fourth-order valence-corrected chi connectivity index (χ4v) is 2.12. The summed E-state index contributed by atoms with van der Waals surface area (Å²) in [5, 5.41) is 8.79. The number of carboxylic acid groups (broad SMARTS) is 1. The Morgan fingerprint density at radius 3 is 1.86 bits per heavy atom. The van der Waals surface area contributed by atoms with E-state index in [0.29, 0.717) is 0 Å². The van der Waals surface area contributed by atoms with Crippen molar-refractivity contribution in [3.05, 3.63) is 0 Å². The maximum absolute atomic E-state index is 11.5. The minimum absolute atomic E-state index is 0.618. The van der Waals surface area contributed by atoms with Gasteiger partial charge in [-0.1, -0.05) is 48.7 Å². The van der Waals surface area contributed by atoms with Gasteiger partial charge in [-0.25, -0.2) is 0 Å². The second-order valence-electron chi connectivity index (χ2n) is 3.98. The number of carboxylic acids is 1. The molecule has 0 saturated heterocycles. The maximum Gasteiger partial charge on any atom is 0.307 e. The zero-order valence-electron chi connectivity index (χ0n) is 7.55. The molecule has 0 radical (unpaired) electrons. The first-order valence-electron chi connectivity index (χ1n) is 3.94. The van der Waals surface area contributed by atoms with Crippen LogP contribution in [0.3, 0.4) is 0 Å². The molecule has 0 aromatic rings. The maximum atomic E-state index is 11.5. The summed E-state index contributed by atoms with van der Waals surface area (Å²) in [7, 11) is 0. The van der Waals surface area contributed by atoms with E-state index in [-0.39, 0.29) is 0 Å². The molecule has 80 valence electrons. The van der Waals surface area contributed by atoms with Gasteiger partial charge in [0.2, 0.25) is 3.79 Å². The fraction of sp³-hybridized carbons (Fsp3) is 0.750. The number of rotatable bonds is 2. The van der Waals surface area contributed by atoms with E-state index in [1.807, 2.05) is 0 Å². The summed E-state index contributed by atoms with van der Waals surface area (Å²) in [6, 6.07) is 0. The monoisotopic (exact) mass is 258 g/mol. The van der Waals surface area contributed by atoms with Crippen LogP contribution in [-0.2, 0) is 9.59 Å². The smallest absolute Gasteiger partial charge is 0.307 e. The molecule has 1 rings (SSSR count). The Morgan fingerprint density at radius 2 is 1.64 bits per heavy atom. The Hall–Kier alpha value is 0.01000. The molecule has 2 atom stereocenters. The van der Waals surface area contributed by atoms with Crippen molar-refractivity contribution in [2.45, 2.75) is 17.6 Å². The predicted molar refractivity (Wildman–Crippen MR) is 53.7 cm³/mol. The molecule has 0 aromatic carbocycles. The lowest BCUT2D eigenvalue weighted by Gasteiger charge is -2.09. The Morgan fingerprint density at radius 1 is 1.21 bits per heavy atom. The molecule has 1 saturated carbocycles. The molecule has 1 aliphatic rings. The van der Waals surface area contributed by atoms with Crippen LogP contribution >= 0.6 is 34.8 Å². The minimum Gasteiger partial charge on any atom is -0.481 e. The van der Waals surface area contributed by atoms with Crippen LogP contribution in [0.15, 0.2) is 0 Å². The molecule has 1 aliphatic carbocycles. The van der Waals surface area contributed by atoms with Crippen LogP contribution in [-0.4, -0.2) is 20.7 Å². The van der Waals surface area contributed by atoms with E-state index in [0.717, 1.165) is 0 Å². The van der Waals surface area contributed by atoms with E-state index >= 15 is 0 Å². The number of Topliss-reactive ketones (excluding diaryl/α,β-unsaturated/α-hetero) is 1. The Kier molecular flexibility index (Phi) is 2.81. The number of aliphatic carboxylic acids is 1. The lowest BCUT2D eigenvalue weighted by atomic mass is 10.1. The van der Waals surface area contributed by atoms with Gasteiger partial charge in [0.25, 0.3) is 0 Å². The van der Waals surface area contributed by atoms with Crippen LogP contribution in [0.5, 0.6) is 0 Å². The molecule has 6 heteroatoms. The van der Waals surface area contributed by atoms with Crippen molar-refractivity contribution in [2.75, 3.05) is 0 Å². The van der Waals surface area contributed by atoms with Gasteiger partial charge >= 0.3 is 5.97 Å². The molecule has 0 amide bonds. The molecule has 0 heterocycles. The average molecular weight is 260 g/mol. The first-order chi connectivity index (χ1) is 6.10. The molecule has 0 aliphatic heterocycles. The molecule has 0 bridgehead atoms. The van der Waals surface area contributed by atoms with Crippen molar-refractivity contribution in [3.8, 4) is 0 Å². The summed E-state index contributed by atoms with van der Waals surface area (Å²) in [4.78, 5) is 22.2. The van der Waals surface area contributed by atoms with E-state index in [4.69, 9.17) is 39.9 Å². The summed E-state index contributed by atoms with van der Waals surface area (Å²) in [5.74, 6) is -3.11. The van der Waals surface area contributed by atoms with Crippen molar-refractivity contribution in [1.29, 1.82) is 0 Å². The van der Waals surface area contributed by atoms with Crippen molar-refractivity contribution < 1.29 is 14.7 Å². The van der Waals surface area contributed by atoms with Crippen LogP contribution < -0.4 is 0 Å². The van der Waals surface area contributed by atoms with Gasteiger partial charge in [0.05, 0.1) is 5.92 Å². The fourth-order valence-electron chi connectivity index (χ4n) is 1.76. The number of alkyl halides is 3. The number of ketones is 1. The molecule has 0 unspecified atom stereocenters. The zero-order chi connectivity index (χ0) is 11.3. The number of hydrogen-bond acceptors (Lipinski definition) is 2. The van der Waals surface area contributed by atoms with Gasteiger partial charge in [-0.15, -0.1) is 0 Å². The normalized spacial score (nSPS) is 29.8. The summed E-state index contributed by atoms with van der Waals surface area (Å²) < 4.78 is -2.02. The van der Waals surface area contributed by atoms with Gasteiger partial charge in [0.1, 0.15) is 0 Å². The third kappa shape index (κ3) is 1.86. The van der Waals surface area contributed by atoms with Crippen LogP contribution in [0.2, 0.25) is 0 Å². The zero-order valence-corrected chi connectivity index (χ0v) is 9.82. The van der Waals surface area contributed by atoms with E-state index in [9.17, 15) is 9.59 Å². The highest BCUT2D eigenvalue weighted by Gasteiger charge is 2.68. The van der Waals surface area contributed by atoms with Gasteiger partial charge in [-0.2, -0.15) is 0 Å². The third-order valence-electron chi connectivity index (χ3n) is 2.66. The highest BCUT2D eigenvalue weighted by Crippen LogP contribution is 2.61. The molecular formula is C8H9Cl3O3. The highest BCUT2D eigenvalue weighted by atomic mass is 35.6. The van der Waals surface area contributed by atoms with Gasteiger partial charge in [0, 0.05) is 5.92 Å². The quantitative estimate of drug-likeness (QED) is 0.774. The van der Waals surface area contributed by atoms with Crippen LogP contribution in [0.25, 0.3) is 0 Å². The molecule has 3 nitrogen and oxygen atoms in total. The second-order valence-corrected chi connectivity index (χ2v) is 6.26. The van der Waals surface area contributed by atoms with E-state index in [1.165, 1.54) is 0 Å². The SMILES string of the molecule is CC1(C)[C@H](C(=O)C(Cl)(Cl)Cl)[C@@H]1C(=O)O. The number of carbonyl (C=O) groups is 2. The summed E-state index contributed by atoms with van der Waals surface area (Å²) in [5.41, 5.74) is -0.618. The highest BCUT2D eigenvalue weighted by molar-refractivity contribution is 6.76. The van der Waals surface area contributed by atoms with E-state index in [1.54, 1.807) is 13.8 Å². The lowest BCUT2D eigenvalue weighted by Crippen LogP contribution is -2.23. The Balaban J connectivity index is 2.85. The second kappa shape index (κ2) is 3.26. The summed E-state index contributed by atoms with van der Waals surface area (Å²) >= 11 is 16.2. The average Bonchev–Trinajstić information content (AvgIpc) is 2.49. The molecule has 1 fully saturated rings. The number of halogens is 3. The van der Waals surface area contributed by atoms with E-state index in [2.05, 4.69) is 0 Å². The summed E-state index contributed by atoms with van der Waals surface area (Å²) in [6.45, 7) is 3.34. The van der Waals surface area contributed by atoms with Gasteiger partial charge < -0.3 is 5.11 Å². The van der Waals surface area contributed by atoms with E-state index < -0.39 is 32.8 Å². The van der Waals surface area contributed by atoms with Crippen molar-refractivity contribution >= 4 is 46.6 Å². The molecule has 1 N–H and O–H groups in total. The predicted octanol–water partition coefficient (Wildman–Crippen LogP) is 2.28. The van der Waals surface area contributed by atoms with Crippen LogP contribution in [0, 0.1) is 17.3 Å². The number of carbonyl (C=O) groups excluding carboxylic acids is 1. The van der Waals surface area contributed by atoms with Gasteiger partial charge in [-0.05, 0) is 5.41 Å². The molecule has 14 heavy (non-hydrogen) atoms. The molecule has 0 aromatic heterocycles. The largest absolute Gasteiger partial charge is 0.481 e. The first kappa shape index (κ1) is 12.1. The topological polar surface area (TPSA) is 54.4 Å².